The molecule has 5 atom stereocenters. The molecule has 28 heavy (non-hydrogen) atoms. The number of hydrogen-bond acceptors (Lipinski definition) is 4. The highest BCUT2D eigenvalue weighted by atomic mass is 16.5. The van der Waals surface area contributed by atoms with Crippen LogP contribution in [0.5, 0.6) is 5.75 Å². The molecule has 0 saturated carbocycles. The van der Waals surface area contributed by atoms with Gasteiger partial charge in [-0.3, -0.25) is 9.88 Å². The van der Waals surface area contributed by atoms with E-state index in [2.05, 4.69) is 46.5 Å². The summed E-state index contributed by atoms with van der Waals surface area (Å²) in [4.78, 5) is 7.13. The summed E-state index contributed by atoms with van der Waals surface area (Å²) < 4.78 is 11.9. The molecule has 1 unspecified atom stereocenters. The Hall–Kier alpha value is -2.35. The van der Waals surface area contributed by atoms with Crippen LogP contribution in [0.2, 0.25) is 0 Å². The Morgan fingerprint density at radius 3 is 3.00 bits per heavy atom. The quantitative estimate of drug-likeness (QED) is 0.558. The van der Waals surface area contributed by atoms with Crippen molar-refractivity contribution in [1.29, 1.82) is 0 Å². The number of pyridine rings is 1. The average molecular weight is 377 g/mol. The largest absolute Gasteiger partial charge is 0.497 e. The normalized spacial score (nSPS) is 27.1. The highest BCUT2D eigenvalue weighted by Crippen LogP contribution is 2.43. The van der Waals surface area contributed by atoms with Crippen LogP contribution in [0.4, 0.5) is 0 Å². The van der Waals surface area contributed by atoms with Gasteiger partial charge in [-0.2, -0.15) is 0 Å². The molecule has 2 aromatic rings. The number of hydrogen-bond donors (Lipinski definition) is 0. The summed E-state index contributed by atoms with van der Waals surface area (Å²) in [6.07, 6.45) is 6.37. The first-order chi connectivity index (χ1) is 13.7. The Kier molecular flexibility index (Phi) is 5.66. The minimum Gasteiger partial charge on any atom is -0.497 e. The maximum absolute atomic E-state index is 6.40. The second kappa shape index (κ2) is 8.34. The number of aromatic nitrogens is 1. The number of ether oxygens (including phenoxy) is 2. The van der Waals surface area contributed by atoms with Crippen molar-refractivity contribution >= 4 is 10.9 Å². The molecule has 4 heteroatoms. The number of benzene rings is 1. The van der Waals surface area contributed by atoms with Gasteiger partial charge in [-0.05, 0) is 68.0 Å². The third-order valence-corrected chi connectivity index (χ3v) is 6.30. The summed E-state index contributed by atoms with van der Waals surface area (Å²) in [7, 11) is 1.70. The second-order valence-corrected chi connectivity index (χ2v) is 7.69. The molecule has 3 fully saturated rings. The molecule has 4 heterocycles. The predicted octanol–water partition coefficient (Wildman–Crippen LogP) is 4.22. The summed E-state index contributed by atoms with van der Waals surface area (Å²) in [5, 5.41) is 1.10. The van der Waals surface area contributed by atoms with Gasteiger partial charge in [-0.15, -0.1) is 12.5 Å². The molecule has 0 amide bonds. The van der Waals surface area contributed by atoms with Gasteiger partial charge in [0, 0.05) is 24.2 Å². The maximum Gasteiger partial charge on any atom is 0.119 e. The van der Waals surface area contributed by atoms with E-state index in [0.29, 0.717) is 24.5 Å². The van der Waals surface area contributed by atoms with Gasteiger partial charge in [0.25, 0.3) is 0 Å². The molecule has 5 rings (SSSR count). The lowest BCUT2D eigenvalue weighted by Gasteiger charge is -2.51. The fourth-order valence-electron chi connectivity index (χ4n) is 4.83. The number of piperidine rings is 3. The predicted molar refractivity (Wildman–Crippen MR) is 112 cm³/mol. The van der Waals surface area contributed by atoms with Crippen LogP contribution >= 0.6 is 0 Å². The van der Waals surface area contributed by atoms with Crippen molar-refractivity contribution in [2.24, 2.45) is 11.8 Å². The zero-order chi connectivity index (χ0) is 19.5. The first-order valence-electron chi connectivity index (χ1n) is 10.1. The van der Waals surface area contributed by atoms with Gasteiger partial charge in [-0.25, -0.2) is 0 Å². The zero-order valence-electron chi connectivity index (χ0n) is 16.7. The van der Waals surface area contributed by atoms with E-state index in [-0.39, 0.29) is 6.10 Å². The van der Waals surface area contributed by atoms with E-state index in [1.54, 1.807) is 7.11 Å². The van der Waals surface area contributed by atoms with E-state index in [1.165, 1.54) is 12.0 Å². The van der Waals surface area contributed by atoms with Gasteiger partial charge in [-0.1, -0.05) is 12.0 Å². The van der Waals surface area contributed by atoms with Gasteiger partial charge in [0.2, 0.25) is 0 Å². The minimum absolute atomic E-state index is 0.0352. The van der Waals surface area contributed by atoms with E-state index >= 15 is 0 Å². The molecule has 3 aliphatic rings. The highest BCUT2D eigenvalue weighted by molar-refractivity contribution is 5.84. The standard InChI is InChI=1S/C24H28N2O2/c1-4-6-13-28-24(23-14-18-10-12-26(23)16-17(18)5-2)20-9-11-25-22-8-7-19(27-3)15-21(20)22/h5,7-9,11,15,17-18,23-24H,2,10,12-14,16H2,1,3H3/t17-,18-,23-,24+/m0/s1. The van der Waals surface area contributed by atoms with Gasteiger partial charge in [0.05, 0.1) is 18.7 Å². The molecule has 146 valence electrons. The molecule has 0 radical (unpaired) electrons. The van der Waals surface area contributed by atoms with Gasteiger partial charge < -0.3 is 9.47 Å². The first-order valence-corrected chi connectivity index (χ1v) is 10.1. The van der Waals surface area contributed by atoms with Crippen molar-refractivity contribution in [2.75, 3.05) is 26.8 Å². The molecular weight excluding hydrogens is 348 g/mol. The zero-order valence-corrected chi connectivity index (χ0v) is 16.7. The van der Waals surface area contributed by atoms with Crippen molar-refractivity contribution in [3.8, 4) is 17.6 Å². The Morgan fingerprint density at radius 2 is 2.29 bits per heavy atom. The van der Waals surface area contributed by atoms with Crippen LogP contribution in [-0.2, 0) is 4.74 Å². The number of nitrogens with zero attached hydrogens (tertiary/aromatic N) is 2. The summed E-state index contributed by atoms with van der Waals surface area (Å²) in [6, 6.07) is 8.49. The lowest BCUT2D eigenvalue weighted by molar-refractivity contribution is -0.0673. The van der Waals surface area contributed by atoms with Crippen LogP contribution in [-0.4, -0.2) is 42.7 Å². The molecule has 0 N–H and O–H groups in total. The van der Waals surface area contributed by atoms with Crippen LogP contribution < -0.4 is 4.74 Å². The van der Waals surface area contributed by atoms with E-state index in [9.17, 15) is 0 Å². The van der Waals surface area contributed by atoms with Crippen molar-refractivity contribution in [2.45, 2.75) is 31.9 Å². The monoisotopic (exact) mass is 376 g/mol. The number of methoxy groups -OCH3 is 1. The van der Waals surface area contributed by atoms with E-state index in [1.807, 2.05) is 25.3 Å². The maximum atomic E-state index is 6.40. The molecule has 3 saturated heterocycles. The first kappa shape index (κ1) is 19.0. The van der Waals surface area contributed by atoms with E-state index < -0.39 is 0 Å². The summed E-state index contributed by atoms with van der Waals surface area (Å²) in [6.45, 7) is 8.55. The molecule has 0 spiro atoms. The Balaban J connectivity index is 1.74. The van der Waals surface area contributed by atoms with Crippen LogP contribution in [0.1, 0.15) is 31.4 Å². The number of fused-ring (bicyclic) bond motifs is 4. The van der Waals surface area contributed by atoms with Crippen LogP contribution in [0.3, 0.4) is 0 Å². The Morgan fingerprint density at radius 1 is 1.39 bits per heavy atom. The van der Waals surface area contributed by atoms with Crippen LogP contribution in [0, 0.1) is 23.7 Å². The molecule has 2 bridgehead atoms. The van der Waals surface area contributed by atoms with Gasteiger partial charge in [0.1, 0.15) is 12.4 Å². The van der Waals surface area contributed by atoms with Gasteiger partial charge in [0.15, 0.2) is 0 Å². The molecule has 1 aromatic heterocycles. The third-order valence-electron chi connectivity index (χ3n) is 6.30. The van der Waals surface area contributed by atoms with E-state index in [0.717, 1.165) is 36.2 Å². The fourth-order valence-corrected chi connectivity index (χ4v) is 4.83. The highest BCUT2D eigenvalue weighted by Gasteiger charge is 2.43. The SMILES string of the molecule is C=C[C@H]1CN2CC[C@H]1C[C@H]2[C@H](OCC#CC)c1ccnc2ccc(OC)cc12. The fraction of sp³-hybridized carbons (Fsp3) is 0.458. The lowest BCUT2D eigenvalue weighted by Crippen LogP contribution is -2.55. The Bertz CT molecular complexity index is 914. The summed E-state index contributed by atoms with van der Waals surface area (Å²) in [5.74, 6) is 8.15. The molecule has 4 nitrogen and oxygen atoms in total. The Labute approximate surface area is 167 Å². The summed E-state index contributed by atoms with van der Waals surface area (Å²) in [5.41, 5.74) is 2.14. The van der Waals surface area contributed by atoms with Crippen molar-refractivity contribution in [3.63, 3.8) is 0 Å². The average Bonchev–Trinajstić information content (AvgIpc) is 2.76. The second-order valence-electron chi connectivity index (χ2n) is 7.69. The molecule has 3 aliphatic heterocycles. The molecule has 0 aliphatic carbocycles. The topological polar surface area (TPSA) is 34.6 Å². The van der Waals surface area contributed by atoms with Crippen LogP contribution in [0.25, 0.3) is 10.9 Å². The van der Waals surface area contributed by atoms with Crippen LogP contribution in [0.15, 0.2) is 43.1 Å². The molecule has 1 aromatic carbocycles. The van der Waals surface area contributed by atoms with Crippen molar-refractivity contribution < 1.29 is 9.47 Å². The van der Waals surface area contributed by atoms with Crippen molar-refractivity contribution in [1.82, 2.24) is 9.88 Å². The number of rotatable bonds is 6. The molecular formula is C24H28N2O2. The smallest absolute Gasteiger partial charge is 0.119 e. The summed E-state index contributed by atoms with van der Waals surface area (Å²) >= 11 is 0. The third kappa shape index (κ3) is 3.53. The van der Waals surface area contributed by atoms with E-state index in [4.69, 9.17) is 9.47 Å². The van der Waals surface area contributed by atoms with Crippen molar-refractivity contribution in [3.05, 3.63) is 48.7 Å². The minimum atomic E-state index is -0.0352. The van der Waals surface area contributed by atoms with Gasteiger partial charge >= 0.3 is 0 Å². The lowest BCUT2D eigenvalue weighted by atomic mass is 9.73.